The van der Waals surface area contributed by atoms with Crippen molar-refractivity contribution in [2.45, 2.75) is 38.7 Å². The number of benzene rings is 2. The van der Waals surface area contributed by atoms with E-state index in [9.17, 15) is 9.59 Å². The molecular weight excluding hydrogens is 356 g/mol. The first kappa shape index (κ1) is 18.3. The van der Waals surface area contributed by atoms with E-state index in [1.165, 1.54) is 0 Å². The number of esters is 1. The zero-order valence-electron chi connectivity index (χ0n) is 15.8. The standard InChI is InChI=1S/C23H22O5/c1-2-26-23(25)21(15-8-4-3-5-9-15)27-16-12-13-18-17-10-6-7-11-19(17)22(24)28-20(18)14-16/h3-5,8-9,12-14,21H,2,6-7,10-11H2,1H3. The number of aryl methyl sites for hydroxylation is 1. The molecule has 5 heteroatoms. The predicted octanol–water partition coefficient (Wildman–Crippen LogP) is 4.36. The van der Waals surface area contributed by atoms with Crippen LogP contribution in [0.3, 0.4) is 0 Å². The van der Waals surface area contributed by atoms with E-state index in [4.69, 9.17) is 13.9 Å². The van der Waals surface area contributed by atoms with Crippen molar-refractivity contribution in [1.29, 1.82) is 0 Å². The van der Waals surface area contributed by atoms with Crippen LogP contribution in [0.4, 0.5) is 0 Å². The molecular formula is C23H22O5. The zero-order chi connectivity index (χ0) is 19.5. The minimum atomic E-state index is -0.886. The Kier molecular flexibility index (Phi) is 5.15. The molecule has 2 aromatic carbocycles. The lowest BCUT2D eigenvalue weighted by Gasteiger charge is -2.19. The van der Waals surface area contributed by atoms with Gasteiger partial charge < -0.3 is 13.9 Å². The summed E-state index contributed by atoms with van der Waals surface area (Å²) < 4.78 is 16.7. The van der Waals surface area contributed by atoms with Gasteiger partial charge in [-0.2, -0.15) is 0 Å². The fourth-order valence-electron chi connectivity index (χ4n) is 3.73. The molecule has 1 aliphatic rings. The van der Waals surface area contributed by atoms with E-state index in [-0.39, 0.29) is 12.2 Å². The van der Waals surface area contributed by atoms with Crippen LogP contribution in [0.2, 0.25) is 0 Å². The molecule has 0 saturated heterocycles. The molecule has 0 bridgehead atoms. The van der Waals surface area contributed by atoms with Crippen molar-refractivity contribution < 1.29 is 18.7 Å². The molecule has 0 radical (unpaired) electrons. The van der Waals surface area contributed by atoms with Crippen molar-refractivity contribution in [3.8, 4) is 5.75 Å². The highest BCUT2D eigenvalue weighted by Crippen LogP contribution is 2.31. The average Bonchev–Trinajstić information content (AvgIpc) is 2.73. The van der Waals surface area contributed by atoms with Gasteiger partial charge in [-0.1, -0.05) is 30.3 Å². The van der Waals surface area contributed by atoms with Crippen LogP contribution in [0.15, 0.2) is 57.7 Å². The van der Waals surface area contributed by atoms with Gasteiger partial charge in [-0.15, -0.1) is 0 Å². The average molecular weight is 378 g/mol. The number of fused-ring (bicyclic) bond motifs is 3. The van der Waals surface area contributed by atoms with E-state index in [2.05, 4.69) is 0 Å². The summed E-state index contributed by atoms with van der Waals surface area (Å²) in [7, 11) is 0. The summed E-state index contributed by atoms with van der Waals surface area (Å²) in [6.45, 7) is 2.03. The zero-order valence-corrected chi connectivity index (χ0v) is 15.8. The second kappa shape index (κ2) is 7.89. The highest BCUT2D eigenvalue weighted by Gasteiger charge is 2.25. The summed E-state index contributed by atoms with van der Waals surface area (Å²) in [5, 5.41) is 0.939. The number of ether oxygens (including phenoxy) is 2. The number of rotatable bonds is 5. The molecule has 4 rings (SSSR count). The molecule has 1 atom stereocenters. The first-order valence-corrected chi connectivity index (χ1v) is 9.64. The van der Waals surface area contributed by atoms with Gasteiger partial charge in [-0.05, 0) is 50.3 Å². The van der Waals surface area contributed by atoms with Gasteiger partial charge in [-0.25, -0.2) is 9.59 Å². The van der Waals surface area contributed by atoms with Gasteiger partial charge in [0.05, 0.1) is 6.61 Å². The summed E-state index contributed by atoms with van der Waals surface area (Å²) in [4.78, 5) is 24.8. The number of hydrogen-bond acceptors (Lipinski definition) is 5. The van der Waals surface area contributed by atoms with Gasteiger partial charge in [0.25, 0.3) is 0 Å². The van der Waals surface area contributed by atoms with Crippen molar-refractivity contribution in [3.63, 3.8) is 0 Å². The van der Waals surface area contributed by atoms with E-state index in [1.807, 2.05) is 42.5 Å². The Balaban J connectivity index is 1.71. The SMILES string of the molecule is CCOC(=O)C(Oc1ccc2c3c(c(=O)oc2c1)CCCC3)c1ccccc1. The molecule has 5 nitrogen and oxygen atoms in total. The smallest absolute Gasteiger partial charge is 0.352 e. The lowest BCUT2D eigenvalue weighted by Crippen LogP contribution is -2.21. The van der Waals surface area contributed by atoms with Crippen molar-refractivity contribution in [1.82, 2.24) is 0 Å². The molecule has 1 heterocycles. The van der Waals surface area contributed by atoms with E-state index in [0.717, 1.165) is 42.2 Å². The van der Waals surface area contributed by atoms with Crippen LogP contribution >= 0.6 is 0 Å². The summed E-state index contributed by atoms with van der Waals surface area (Å²) in [6, 6.07) is 14.6. The quantitative estimate of drug-likeness (QED) is 0.488. The molecule has 0 fully saturated rings. The van der Waals surface area contributed by atoms with Crippen LogP contribution in [-0.2, 0) is 22.4 Å². The van der Waals surface area contributed by atoms with Crippen LogP contribution in [0.25, 0.3) is 11.0 Å². The van der Waals surface area contributed by atoms with E-state index >= 15 is 0 Å². The van der Waals surface area contributed by atoms with Gasteiger partial charge in [0.2, 0.25) is 6.10 Å². The number of carbonyl (C=O) groups excluding carboxylic acids is 1. The van der Waals surface area contributed by atoms with Gasteiger partial charge in [-0.3, -0.25) is 0 Å². The van der Waals surface area contributed by atoms with Gasteiger partial charge in [0, 0.05) is 22.6 Å². The Morgan fingerprint density at radius 1 is 1.07 bits per heavy atom. The van der Waals surface area contributed by atoms with E-state index < -0.39 is 12.1 Å². The maximum atomic E-state index is 12.4. The summed E-state index contributed by atoms with van der Waals surface area (Å²) >= 11 is 0. The van der Waals surface area contributed by atoms with Crippen LogP contribution < -0.4 is 10.4 Å². The molecule has 3 aromatic rings. The third-order valence-electron chi connectivity index (χ3n) is 5.05. The summed E-state index contributed by atoms with van der Waals surface area (Å²) in [6.07, 6.45) is 2.85. The molecule has 0 N–H and O–H groups in total. The van der Waals surface area contributed by atoms with Gasteiger partial charge >= 0.3 is 11.6 Å². The molecule has 0 saturated carbocycles. The van der Waals surface area contributed by atoms with Crippen molar-refractivity contribution >= 4 is 16.9 Å². The van der Waals surface area contributed by atoms with Crippen molar-refractivity contribution in [2.24, 2.45) is 0 Å². The maximum absolute atomic E-state index is 12.4. The second-order valence-electron chi connectivity index (χ2n) is 6.87. The van der Waals surface area contributed by atoms with Crippen LogP contribution in [0.1, 0.15) is 42.6 Å². The Morgan fingerprint density at radius 2 is 1.82 bits per heavy atom. The molecule has 0 aliphatic heterocycles. The van der Waals surface area contributed by atoms with Crippen LogP contribution in [0.5, 0.6) is 5.75 Å². The molecule has 0 amide bonds. The van der Waals surface area contributed by atoms with Crippen molar-refractivity contribution in [3.05, 3.63) is 75.6 Å². The fourth-order valence-corrected chi connectivity index (χ4v) is 3.73. The largest absolute Gasteiger partial charge is 0.474 e. The van der Waals surface area contributed by atoms with Crippen LogP contribution in [-0.4, -0.2) is 12.6 Å². The Morgan fingerprint density at radius 3 is 2.57 bits per heavy atom. The molecule has 0 spiro atoms. The van der Waals surface area contributed by atoms with Crippen LogP contribution in [0, 0.1) is 0 Å². The first-order valence-electron chi connectivity index (χ1n) is 9.64. The Bertz CT molecular complexity index is 1050. The van der Waals surface area contributed by atoms with E-state index in [0.29, 0.717) is 16.9 Å². The molecule has 1 unspecified atom stereocenters. The number of carbonyl (C=O) groups is 1. The predicted molar refractivity (Wildman–Crippen MR) is 106 cm³/mol. The normalized spacial score (nSPS) is 14.3. The first-order chi connectivity index (χ1) is 13.7. The Hall–Kier alpha value is -3.08. The van der Waals surface area contributed by atoms with Gasteiger partial charge in [0.15, 0.2) is 0 Å². The summed E-state index contributed by atoms with van der Waals surface area (Å²) in [5.74, 6) is -0.00555. The third kappa shape index (κ3) is 3.52. The summed E-state index contributed by atoms with van der Waals surface area (Å²) in [5.41, 5.74) is 2.78. The fraction of sp³-hybridized carbons (Fsp3) is 0.304. The lowest BCUT2D eigenvalue weighted by molar-refractivity contribution is -0.151. The third-order valence-corrected chi connectivity index (χ3v) is 5.05. The molecule has 28 heavy (non-hydrogen) atoms. The maximum Gasteiger partial charge on any atom is 0.352 e. The lowest BCUT2D eigenvalue weighted by atomic mass is 9.91. The van der Waals surface area contributed by atoms with E-state index in [1.54, 1.807) is 13.0 Å². The van der Waals surface area contributed by atoms with Crippen molar-refractivity contribution in [2.75, 3.05) is 6.61 Å². The number of hydrogen-bond donors (Lipinski definition) is 0. The van der Waals surface area contributed by atoms with Gasteiger partial charge in [0.1, 0.15) is 11.3 Å². The Labute approximate surface area is 162 Å². The second-order valence-corrected chi connectivity index (χ2v) is 6.87. The molecule has 144 valence electrons. The minimum absolute atomic E-state index is 0.268. The topological polar surface area (TPSA) is 65.7 Å². The highest BCUT2D eigenvalue weighted by atomic mass is 16.6. The highest BCUT2D eigenvalue weighted by molar-refractivity contribution is 5.83. The monoisotopic (exact) mass is 378 g/mol. The minimum Gasteiger partial charge on any atom is -0.474 e. The molecule has 1 aliphatic carbocycles. The molecule has 1 aromatic heterocycles.